The maximum absolute atomic E-state index is 12.7. The molecule has 19 heavy (non-hydrogen) atoms. The van der Waals surface area contributed by atoms with Crippen LogP contribution in [0.3, 0.4) is 0 Å². The topological polar surface area (TPSA) is 34.1 Å². The SMILES string of the molecule is CCC(NCCOCC(F)(F)F)c1ccc(F)cn1. The molecule has 1 aromatic rings. The van der Waals surface area contributed by atoms with Crippen molar-refractivity contribution < 1.29 is 22.3 Å². The molecule has 0 saturated carbocycles. The lowest BCUT2D eigenvalue weighted by molar-refractivity contribution is -0.173. The summed E-state index contributed by atoms with van der Waals surface area (Å²) in [7, 11) is 0. The van der Waals surface area contributed by atoms with Crippen molar-refractivity contribution >= 4 is 0 Å². The van der Waals surface area contributed by atoms with Crippen molar-refractivity contribution in [2.24, 2.45) is 0 Å². The molecule has 0 saturated heterocycles. The molecule has 108 valence electrons. The maximum Gasteiger partial charge on any atom is 0.411 e. The van der Waals surface area contributed by atoms with E-state index in [1.165, 1.54) is 6.07 Å². The van der Waals surface area contributed by atoms with Crippen molar-refractivity contribution in [3.05, 3.63) is 29.8 Å². The maximum atomic E-state index is 12.7. The molecule has 1 unspecified atom stereocenters. The molecule has 1 rings (SSSR count). The molecule has 7 heteroatoms. The van der Waals surface area contributed by atoms with Crippen LogP contribution in [-0.4, -0.2) is 30.9 Å². The Kier molecular flexibility index (Phi) is 6.17. The van der Waals surface area contributed by atoms with E-state index in [0.29, 0.717) is 12.1 Å². The highest BCUT2D eigenvalue weighted by atomic mass is 19.4. The Morgan fingerprint density at radius 2 is 2.11 bits per heavy atom. The third kappa shape index (κ3) is 6.49. The van der Waals surface area contributed by atoms with Crippen molar-refractivity contribution in [1.29, 1.82) is 0 Å². The van der Waals surface area contributed by atoms with Crippen LogP contribution < -0.4 is 5.32 Å². The zero-order valence-corrected chi connectivity index (χ0v) is 10.5. The number of halogens is 4. The first-order valence-electron chi connectivity index (χ1n) is 5.91. The van der Waals surface area contributed by atoms with Gasteiger partial charge in [0.1, 0.15) is 12.4 Å². The van der Waals surface area contributed by atoms with Gasteiger partial charge in [0.2, 0.25) is 0 Å². The first kappa shape index (κ1) is 15.8. The van der Waals surface area contributed by atoms with Crippen molar-refractivity contribution in [2.75, 3.05) is 19.8 Å². The van der Waals surface area contributed by atoms with E-state index in [1.54, 1.807) is 6.07 Å². The Balaban J connectivity index is 2.31. The van der Waals surface area contributed by atoms with Gasteiger partial charge in [-0.15, -0.1) is 0 Å². The molecule has 0 bridgehead atoms. The van der Waals surface area contributed by atoms with Crippen LogP contribution in [0.5, 0.6) is 0 Å². The van der Waals surface area contributed by atoms with Gasteiger partial charge in [-0.05, 0) is 18.6 Å². The van der Waals surface area contributed by atoms with Crippen molar-refractivity contribution in [2.45, 2.75) is 25.6 Å². The number of pyridine rings is 1. The van der Waals surface area contributed by atoms with Gasteiger partial charge >= 0.3 is 6.18 Å². The molecule has 0 amide bonds. The third-order valence-electron chi connectivity index (χ3n) is 2.42. The molecule has 0 aliphatic heterocycles. The van der Waals surface area contributed by atoms with Gasteiger partial charge < -0.3 is 10.1 Å². The highest BCUT2D eigenvalue weighted by Crippen LogP contribution is 2.15. The molecule has 3 nitrogen and oxygen atoms in total. The minimum atomic E-state index is -4.30. The van der Waals surface area contributed by atoms with Crippen LogP contribution in [0.15, 0.2) is 18.3 Å². The fourth-order valence-corrected chi connectivity index (χ4v) is 1.54. The average Bonchev–Trinajstić information content (AvgIpc) is 2.34. The Labute approximate surface area is 109 Å². The normalized spacial score (nSPS) is 13.5. The molecule has 0 fully saturated rings. The van der Waals surface area contributed by atoms with Gasteiger partial charge in [0.15, 0.2) is 0 Å². The van der Waals surface area contributed by atoms with Crippen LogP contribution in [0.4, 0.5) is 17.6 Å². The summed E-state index contributed by atoms with van der Waals surface area (Å²) in [5.41, 5.74) is 0.653. The van der Waals surface area contributed by atoms with Crippen molar-refractivity contribution in [1.82, 2.24) is 10.3 Å². The minimum absolute atomic E-state index is 0.0444. The van der Waals surface area contributed by atoms with Crippen molar-refractivity contribution in [3.8, 4) is 0 Å². The van der Waals surface area contributed by atoms with Gasteiger partial charge in [-0.2, -0.15) is 13.2 Å². The molecule has 0 aliphatic carbocycles. The summed E-state index contributed by atoms with van der Waals surface area (Å²) in [5, 5.41) is 3.01. The smallest absolute Gasteiger partial charge is 0.371 e. The summed E-state index contributed by atoms with van der Waals surface area (Å²) >= 11 is 0. The summed E-state index contributed by atoms with van der Waals surface area (Å²) in [6.45, 7) is 0.879. The van der Waals surface area contributed by atoms with Crippen molar-refractivity contribution in [3.63, 3.8) is 0 Å². The van der Waals surface area contributed by atoms with E-state index >= 15 is 0 Å². The summed E-state index contributed by atoms with van der Waals surface area (Å²) in [6.07, 6.45) is -2.50. The molecule has 1 atom stereocenters. The number of aromatic nitrogens is 1. The average molecular weight is 280 g/mol. The number of rotatable bonds is 7. The number of ether oxygens (including phenoxy) is 1. The van der Waals surface area contributed by atoms with Gasteiger partial charge in [-0.25, -0.2) is 4.39 Å². The minimum Gasteiger partial charge on any atom is -0.371 e. The molecule has 1 heterocycles. The first-order valence-corrected chi connectivity index (χ1v) is 5.91. The second-order valence-corrected chi connectivity index (χ2v) is 3.98. The van der Waals surface area contributed by atoms with Gasteiger partial charge in [0.25, 0.3) is 0 Å². The molecular formula is C12H16F4N2O. The molecule has 0 aliphatic rings. The second-order valence-electron chi connectivity index (χ2n) is 3.98. The summed E-state index contributed by atoms with van der Waals surface area (Å²) in [6, 6.07) is 2.72. The predicted octanol–water partition coefficient (Wildman–Crippen LogP) is 2.84. The molecule has 1 N–H and O–H groups in total. The van der Waals surface area contributed by atoms with Gasteiger partial charge in [0, 0.05) is 12.6 Å². The Hall–Kier alpha value is -1.21. The molecular weight excluding hydrogens is 264 g/mol. The van der Waals surface area contributed by atoms with E-state index in [4.69, 9.17) is 0 Å². The molecule has 1 aromatic heterocycles. The lowest BCUT2D eigenvalue weighted by Gasteiger charge is -2.16. The highest BCUT2D eigenvalue weighted by molar-refractivity contribution is 5.09. The largest absolute Gasteiger partial charge is 0.411 e. The third-order valence-corrected chi connectivity index (χ3v) is 2.42. The zero-order chi connectivity index (χ0) is 14.3. The zero-order valence-electron chi connectivity index (χ0n) is 10.5. The summed E-state index contributed by atoms with van der Waals surface area (Å²) in [4.78, 5) is 3.93. The van der Waals surface area contributed by atoms with E-state index in [2.05, 4.69) is 15.0 Å². The fourth-order valence-electron chi connectivity index (χ4n) is 1.54. The van der Waals surface area contributed by atoms with Crippen LogP contribution in [0.25, 0.3) is 0 Å². The Morgan fingerprint density at radius 1 is 1.37 bits per heavy atom. The monoisotopic (exact) mass is 280 g/mol. The summed E-state index contributed by atoms with van der Waals surface area (Å²) in [5.74, 6) is -0.424. The standard InChI is InChI=1S/C12H16F4N2O/c1-2-10(11-4-3-9(13)7-18-11)17-5-6-19-8-12(14,15)16/h3-4,7,10,17H,2,5-6,8H2,1H3. The molecule has 0 spiro atoms. The first-order chi connectivity index (χ1) is 8.92. The Morgan fingerprint density at radius 3 is 2.63 bits per heavy atom. The number of nitrogens with one attached hydrogen (secondary N) is 1. The molecule has 0 aromatic carbocycles. The van der Waals surface area contributed by atoms with Crippen LogP contribution in [0, 0.1) is 5.82 Å². The van der Waals surface area contributed by atoms with E-state index in [-0.39, 0.29) is 19.2 Å². The predicted molar refractivity (Wildman–Crippen MR) is 62.1 cm³/mol. The van der Waals surface area contributed by atoms with E-state index in [9.17, 15) is 17.6 Å². The lowest BCUT2D eigenvalue weighted by Crippen LogP contribution is -2.27. The quantitative estimate of drug-likeness (QED) is 0.616. The number of hydrogen-bond donors (Lipinski definition) is 1. The van der Waals surface area contributed by atoms with Crippen LogP contribution >= 0.6 is 0 Å². The highest BCUT2D eigenvalue weighted by Gasteiger charge is 2.27. The number of nitrogens with zero attached hydrogens (tertiary/aromatic N) is 1. The van der Waals surface area contributed by atoms with Crippen LogP contribution in [0.2, 0.25) is 0 Å². The van der Waals surface area contributed by atoms with E-state index in [1.807, 2.05) is 6.92 Å². The fraction of sp³-hybridized carbons (Fsp3) is 0.583. The van der Waals surface area contributed by atoms with Gasteiger partial charge in [-0.3, -0.25) is 4.98 Å². The van der Waals surface area contributed by atoms with Gasteiger partial charge in [0.05, 0.1) is 18.5 Å². The molecule has 0 radical (unpaired) electrons. The van der Waals surface area contributed by atoms with E-state index < -0.39 is 18.6 Å². The second kappa shape index (κ2) is 7.40. The Bertz CT molecular complexity index is 367. The van der Waals surface area contributed by atoms with Gasteiger partial charge in [-0.1, -0.05) is 6.92 Å². The van der Waals surface area contributed by atoms with Crippen LogP contribution in [-0.2, 0) is 4.74 Å². The van der Waals surface area contributed by atoms with E-state index in [0.717, 1.165) is 6.20 Å². The lowest BCUT2D eigenvalue weighted by atomic mass is 10.1. The number of alkyl halides is 3. The summed E-state index contributed by atoms with van der Waals surface area (Å²) < 4.78 is 52.6. The number of hydrogen-bond acceptors (Lipinski definition) is 3. The van der Waals surface area contributed by atoms with Crippen LogP contribution in [0.1, 0.15) is 25.1 Å².